The van der Waals surface area contributed by atoms with Crippen molar-refractivity contribution in [1.82, 2.24) is 5.32 Å². The highest BCUT2D eigenvalue weighted by molar-refractivity contribution is 5.81. The summed E-state index contributed by atoms with van der Waals surface area (Å²) in [6, 6.07) is -0.642. The molecule has 0 fully saturated rings. The van der Waals surface area contributed by atoms with Crippen molar-refractivity contribution < 1.29 is 19.1 Å². The smallest absolute Gasteiger partial charge is 0.408 e. The summed E-state index contributed by atoms with van der Waals surface area (Å²) in [6.07, 6.45) is 4.00. The van der Waals surface area contributed by atoms with Gasteiger partial charge in [-0.2, -0.15) is 0 Å². The molecule has 0 aromatic rings. The molecule has 116 valence electrons. The number of carbonyl (C=O) groups is 2. The minimum absolute atomic E-state index is 0.119. The van der Waals surface area contributed by atoms with Gasteiger partial charge in [0.2, 0.25) is 0 Å². The molecule has 0 rings (SSSR count). The third-order valence-corrected chi connectivity index (χ3v) is 2.66. The first kappa shape index (κ1) is 18.5. The van der Waals surface area contributed by atoms with Crippen LogP contribution in [0.5, 0.6) is 0 Å². The molecule has 20 heavy (non-hydrogen) atoms. The summed E-state index contributed by atoms with van der Waals surface area (Å²) in [7, 11) is 0. The Labute approximate surface area is 121 Å². The van der Waals surface area contributed by atoms with Crippen molar-refractivity contribution in [1.29, 1.82) is 0 Å². The van der Waals surface area contributed by atoms with Crippen molar-refractivity contribution in [3.63, 3.8) is 0 Å². The minimum atomic E-state index is -0.642. The molecule has 0 aromatic heterocycles. The lowest BCUT2D eigenvalue weighted by atomic mass is 10.1. The van der Waals surface area contributed by atoms with E-state index >= 15 is 0 Å². The molecule has 0 aliphatic rings. The van der Waals surface area contributed by atoms with E-state index in [4.69, 9.17) is 9.47 Å². The van der Waals surface area contributed by atoms with Crippen LogP contribution in [0.3, 0.4) is 0 Å². The quantitative estimate of drug-likeness (QED) is 0.380. The number of nitrogens with one attached hydrogen (secondary N) is 1. The summed E-state index contributed by atoms with van der Waals surface area (Å²) < 4.78 is 9.98. The van der Waals surface area contributed by atoms with Gasteiger partial charge < -0.3 is 14.8 Å². The maximum absolute atomic E-state index is 11.9. The Morgan fingerprint density at radius 1 is 1.25 bits per heavy atom. The molecular weight excluding hydrogens is 258 g/mol. The third kappa shape index (κ3) is 9.42. The molecule has 0 radical (unpaired) electrons. The number of ether oxygens (including phenoxy) is 2. The molecule has 1 amide bonds. The molecule has 0 saturated heterocycles. The number of esters is 1. The summed E-state index contributed by atoms with van der Waals surface area (Å²) in [4.78, 5) is 23.3. The van der Waals surface area contributed by atoms with Crippen molar-refractivity contribution in [3.05, 3.63) is 12.7 Å². The topological polar surface area (TPSA) is 64.6 Å². The zero-order valence-corrected chi connectivity index (χ0v) is 12.8. The molecule has 0 saturated carbocycles. The van der Waals surface area contributed by atoms with Crippen LogP contribution >= 0.6 is 0 Å². The lowest BCUT2D eigenvalue weighted by Gasteiger charge is -2.16. The van der Waals surface area contributed by atoms with Crippen molar-refractivity contribution in [2.75, 3.05) is 13.2 Å². The van der Waals surface area contributed by atoms with E-state index in [-0.39, 0.29) is 6.61 Å². The van der Waals surface area contributed by atoms with Crippen LogP contribution in [0.4, 0.5) is 4.79 Å². The van der Waals surface area contributed by atoms with Crippen LogP contribution in [0.25, 0.3) is 0 Å². The second kappa shape index (κ2) is 11.3. The monoisotopic (exact) mass is 285 g/mol. The maximum atomic E-state index is 11.9. The van der Waals surface area contributed by atoms with Crippen LogP contribution in [0.1, 0.15) is 46.5 Å². The van der Waals surface area contributed by atoms with Gasteiger partial charge in [-0.1, -0.05) is 39.8 Å². The molecule has 5 nitrogen and oxygen atoms in total. The van der Waals surface area contributed by atoms with E-state index in [1.807, 2.05) is 6.92 Å². The molecule has 0 bridgehead atoms. The molecule has 1 atom stereocenters. The average molecular weight is 285 g/mol. The van der Waals surface area contributed by atoms with Gasteiger partial charge in [0.15, 0.2) is 0 Å². The fraction of sp³-hybridized carbons (Fsp3) is 0.733. The van der Waals surface area contributed by atoms with E-state index in [0.29, 0.717) is 18.9 Å². The summed E-state index contributed by atoms with van der Waals surface area (Å²) in [6.45, 7) is 10.1. The second-order valence-corrected chi connectivity index (χ2v) is 5.08. The normalized spacial score (nSPS) is 11.8. The van der Waals surface area contributed by atoms with Crippen molar-refractivity contribution in [2.45, 2.75) is 52.5 Å². The molecule has 0 heterocycles. The van der Waals surface area contributed by atoms with Gasteiger partial charge in [-0.25, -0.2) is 9.59 Å². The Morgan fingerprint density at radius 2 is 1.95 bits per heavy atom. The van der Waals surface area contributed by atoms with Gasteiger partial charge in [-0.05, 0) is 25.2 Å². The maximum Gasteiger partial charge on any atom is 0.408 e. The van der Waals surface area contributed by atoms with E-state index in [1.165, 1.54) is 6.08 Å². The molecule has 1 unspecified atom stereocenters. The lowest BCUT2D eigenvalue weighted by molar-refractivity contribution is -0.146. The van der Waals surface area contributed by atoms with Crippen LogP contribution in [-0.4, -0.2) is 31.3 Å². The highest BCUT2D eigenvalue weighted by Crippen LogP contribution is 2.05. The number of hydrogen-bond donors (Lipinski definition) is 1. The average Bonchev–Trinajstić information content (AvgIpc) is 2.40. The van der Waals surface area contributed by atoms with Crippen LogP contribution in [-0.2, 0) is 14.3 Å². The van der Waals surface area contributed by atoms with Crippen LogP contribution in [0, 0.1) is 5.92 Å². The first-order valence-electron chi connectivity index (χ1n) is 7.22. The Bertz CT molecular complexity index is 302. The predicted molar refractivity (Wildman–Crippen MR) is 78.4 cm³/mol. The van der Waals surface area contributed by atoms with E-state index in [0.717, 1.165) is 19.3 Å². The summed E-state index contributed by atoms with van der Waals surface area (Å²) in [5, 5.41) is 2.52. The van der Waals surface area contributed by atoms with Crippen LogP contribution in [0.2, 0.25) is 0 Å². The van der Waals surface area contributed by atoms with E-state index in [1.54, 1.807) is 0 Å². The number of alkyl carbamates (subject to hydrolysis) is 1. The van der Waals surface area contributed by atoms with Gasteiger partial charge in [0, 0.05) is 0 Å². The molecule has 0 spiro atoms. The second-order valence-electron chi connectivity index (χ2n) is 5.08. The number of amides is 1. The van der Waals surface area contributed by atoms with Crippen LogP contribution in [0.15, 0.2) is 12.7 Å². The Hall–Kier alpha value is -1.52. The number of carbonyl (C=O) groups excluding carboxylic acids is 2. The first-order chi connectivity index (χ1) is 9.51. The number of hydrogen-bond acceptors (Lipinski definition) is 4. The van der Waals surface area contributed by atoms with Gasteiger partial charge in [-0.15, -0.1) is 0 Å². The van der Waals surface area contributed by atoms with E-state index < -0.39 is 18.1 Å². The van der Waals surface area contributed by atoms with Crippen LogP contribution < -0.4 is 5.32 Å². The largest absolute Gasteiger partial charge is 0.464 e. The minimum Gasteiger partial charge on any atom is -0.464 e. The molecule has 5 heteroatoms. The first-order valence-corrected chi connectivity index (χ1v) is 7.22. The van der Waals surface area contributed by atoms with E-state index in [2.05, 4.69) is 25.7 Å². The molecule has 1 N–H and O–H groups in total. The zero-order chi connectivity index (χ0) is 15.4. The SMILES string of the molecule is C=CCOC(=O)NC(CCC)C(=O)OCCCC(C)C. The fourth-order valence-electron chi connectivity index (χ4n) is 1.62. The fourth-order valence-corrected chi connectivity index (χ4v) is 1.62. The van der Waals surface area contributed by atoms with Gasteiger partial charge in [0.25, 0.3) is 0 Å². The summed E-state index contributed by atoms with van der Waals surface area (Å²) >= 11 is 0. The molecule has 0 aromatic carbocycles. The van der Waals surface area contributed by atoms with Gasteiger partial charge in [0.05, 0.1) is 6.61 Å². The van der Waals surface area contributed by atoms with Crippen molar-refractivity contribution in [2.24, 2.45) is 5.92 Å². The highest BCUT2D eigenvalue weighted by atomic mass is 16.6. The van der Waals surface area contributed by atoms with Crippen molar-refractivity contribution in [3.8, 4) is 0 Å². The Balaban J connectivity index is 4.11. The summed E-state index contributed by atoms with van der Waals surface area (Å²) in [5.74, 6) is 0.193. The Morgan fingerprint density at radius 3 is 2.50 bits per heavy atom. The molecule has 0 aliphatic heterocycles. The zero-order valence-electron chi connectivity index (χ0n) is 12.8. The standard InChI is InChI=1S/C15H27NO4/c1-5-8-13(16-15(18)20-10-6-2)14(17)19-11-7-9-12(3)4/h6,12-13H,2,5,7-11H2,1,3-4H3,(H,16,18). The third-order valence-electron chi connectivity index (χ3n) is 2.66. The van der Waals surface area contributed by atoms with E-state index in [9.17, 15) is 9.59 Å². The number of rotatable bonds is 10. The predicted octanol–water partition coefficient (Wildman–Crippen LogP) is 3.05. The molecular formula is C15H27NO4. The highest BCUT2D eigenvalue weighted by Gasteiger charge is 2.21. The van der Waals surface area contributed by atoms with Gasteiger partial charge in [-0.3, -0.25) is 0 Å². The molecule has 0 aliphatic carbocycles. The Kier molecular flexibility index (Phi) is 10.5. The summed E-state index contributed by atoms with van der Waals surface area (Å²) in [5.41, 5.74) is 0. The van der Waals surface area contributed by atoms with Gasteiger partial charge in [0.1, 0.15) is 12.6 Å². The van der Waals surface area contributed by atoms with Gasteiger partial charge >= 0.3 is 12.1 Å². The van der Waals surface area contributed by atoms with Crippen molar-refractivity contribution >= 4 is 12.1 Å². The lowest BCUT2D eigenvalue weighted by Crippen LogP contribution is -2.42.